The molecule has 1 unspecified atom stereocenters. The number of hydrogen-bond donors (Lipinski definition) is 1. The summed E-state index contributed by atoms with van der Waals surface area (Å²) in [5, 5.41) is 11.0. The Morgan fingerprint density at radius 2 is 2.00 bits per heavy atom. The number of hydrogen-bond acceptors (Lipinski definition) is 4. The molecule has 2 aromatic rings. The number of aliphatic hydroxyl groups excluding tert-OH is 1. The van der Waals surface area contributed by atoms with Gasteiger partial charge in [0.1, 0.15) is 21.2 Å². The number of benzene rings is 1. The van der Waals surface area contributed by atoms with Crippen LogP contribution in [0.5, 0.6) is 0 Å². The molecule has 18 heavy (non-hydrogen) atoms. The molecule has 5 heteroatoms. The molecule has 0 aliphatic heterocycles. The van der Waals surface area contributed by atoms with Gasteiger partial charge >= 0.3 is 0 Å². The highest BCUT2D eigenvalue weighted by Gasteiger charge is 2.19. The van der Waals surface area contributed by atoms with Crippen molar-refractivity contribution in [1.82, 2.24) is 0 Å². The Morgan fingerprint density at radius 3 is 2.67 bits per heavy atom. The lowest BCUT2D eigenvalue weighted by molar-refractivity contribution is 0.173. The fourth-order valence-electron chi connectivity index (χ4n) is 2.07. The van der Waals surface area contributed by atoms with E-state index in [4.69, 9.17) is 4.42 Å². The molecule has 0 saturated heterocycles. The zero-order chi connectivity index (χ0) is 13.3. The molecule has 1 N–H and O–H groups in total. The van der Waals surface area contributed by atoms with Gasteiger partial charge in [0.05, 0.1) is 11.9 Å². The maximum absolute atomic E-state index is 11.1. The highest BCUT2D eigenvalue weighted by atomic mass is 32.2. The van der Waals surface area contributed by atoms with Crippen molar-refractivity contribution < 1.29 is 17.9 Å². The highest BCUT2D eigenvalue weighted by Crippen LogP contribution is 2.31. The lowest BCUT2D eigenvalue weighted by atomic mass is 10.0. The van der Waals surface area contributed by atoms with Crippen LogP contribution in [0.3, 0.4) is 0 Å². The summed E-state index contributed by atoms with van der Waals surface area (Å²) in [4.78, 5) is 0. The monoisotopic (exact) mass is 268 g/mol. The van der Waals surface area contributed by atoms with E-state index in [1.54, 1.807) is 6.92 Å². The zero-order valence-corrected chi connectivity index (χ0v) is 11.2. The Kier molecular flexibility index (Phi) is 3.45. The van der Waals surface area contributed by atoms with Crippen molar-refractivity contribution in [3.63, 3.8) is 0 Å². The van der Waals surface area contributed by atoms with Crippen molar-refractivity contribution in [2.45, 2.75) is 19.4 Å². The first-order valence-corrected chi connectivity index (χ1v) is 7.78. The number of fused-ring (bicyclic) bond motifs is 1. The second kappa shape index (κ2) is 4.74. The van der Waals surface area contributed by atoms with Crippen LogP contribution in [-0.2, 0) is 9.84 Å². The van der Waals surface area contributed by atoms with Gasteiger partial charge in [-0.1, -0.05) is 18.2 Å². The van der Waals surface area contributed by atoms with E-state index in [1.165, 1.54) is 6.26 Å². The number of aliphatic hydroxyl groups is 1. The SMILES string of the molecule is Cc1oc2ccccc2c1C(O)CCS(C)(=O)=O. The molecule has 0 fully saturated rings. The molecule has 1 heterocycles. The van der Waals surface area contributed by atoms with E-state index in [1.807, 2.05) is 24.3 Å². The minimum absolute atomic E-state index is 0.0346. The Labute approximate surface area is 106 Å². The van der Waals surface area contributed by atoms with Crippen LogP contribution < -0.4 is 0 Å². The van der Waals surface area contributed by atoms with Crippen LogP contribution in [-0.4, -0.2) is 25.5 Å². The number of aryl methyl sites for hydroxylation is 1. The first-order chi connectivity index (χ1) is 8.38. The third-order valence-electron chi connectivity index (χ3n) is 2.91. The van der Waals surface area contributed by atoms with Crippen LogP contribution >= 0.6 is 0 Å². The molecule has 0 amide bonds. The molecule has 4 nitrogen and oxygen atoms in total. The molecule has 0 radical (unpaired) electrons. The van der Waals surface area contributed by atoms with E-state index < -0.39 is 15.9 Å². The molecule has 0 spiro atoms. The normalized spacial score (nSPS) is 13.9. The minimum atomic E-state index is -3.07. The lowest BCUT2D eigenvalue weighted by Gasteiger charge is -2.09. The molecule has 1 atom stereocenters. The molecule has 2 rings (SSSR count). The molecule has 0 aliphatic rings. The fourth-order valence-corrected chi connectivity index (χ4v) is 2.72. The van der Waals surface area contributed by atoms with Crippen molar-refractivity contribution in [1.29, 1.82) is 0 Å². The van der Waals surface area contributed by atoms with Gasteiger partial charge in [-0.05, 0) is 19.4 Å². The van der Waals surface area contributed by atoms with Gasteiger partial charge in [0.2, 0.25) is 0 Å². The van der Waals surface area contributed by atoms with Crippen molar-refractivity contribution in [2.24, 2.45) is 0 Å². The smallest absolute Gasteiger partial charge is 0.147 e. The average molecular weight is 268 g/mol. The topological polar surface area (TPSA) is 67.5 Å². The summed E-state index contributed by atoms with van der Waals surface area (Å²) < 4.78 is 27.8. The number of sulfone groups is 1. The lowest BCUT2D eigenvalue weighted by Crippen LogP contribution is -2.08. The van der Waals surface area contributed by atoms with E-state index in [-0.39, 0.29) is 12.2 Å². The second-order valence-corrected chi connectivity index (χ2v) is 6.76. The third-order valence-corrected chi connectivity index (χ3v) is 3.89. The average Bonchev–Trinajstić information content (AvgIpc) is 2.61. The van der Waals surface area contributed by atoms with Gasteiger partial charge in [-0.25, -0.2) is 8.42 Å². The third kappa shape index (κ3) is 2.73. The Bertz CT molecular complexity index is 655. The first-order valence-electron chi connectivity index (χ1n) is 5.72. The van der Waals surface area contributed by atoms with Crippen LogP contribution in [0.4, 0.5) is 0 Å². The molecule has 0 saturated carbocycles. The van der Waals surface area contributed by atoms with Crippen molar-refractivity contribution in [3.05, 3.63) is 35.6 Å². The highest BCUT2D eigenvalue weighted by molar-refractivity contribution is 7.90. The van der Waals surface area contributed by atoms with Crippen molar-refractivity contribution in [2.75, 3.05) is 12.0 Å². The predicted octanol–water partition coefficient (Wildman–Crippen LogP) is 2.21. The predicted molar refractivity (Wildman–Crippen MR) is 70.2 cm³/mol. The molecule has 0 bridgehead atoms. The van der Waals surface area contributed by atoms with Gasteiger partial charge in [0.25, 0.3) is 0 Å². The summed E-state index contributed by atoms with van der Waals surface area (Å²) in [6.07, 6.45) is 0.534. The van der Waals surface area contributed by atoms with Crippen molar-refractivity contribution in [3.8, 4) is 0 Å². The minimum Gasteiger partial charge on any atom is -0.461 e. The van der Waals surface area contributed by atoms with E-state index in [0.717, 1.165) is 5.39 Å². The Hall–Kier alpha value is -1.33. The standard InChI is InChI=1S/C13H16O4S/c1-9-13(11(14)7-8-18(2,15)16)10-5-3-4-6-12(10)17-9/h3-6,11,14H,7-8H2,1-2H3. The van der Waals surface area contributed by atoms with Gasteiger partial charge in [-0.15, -0.1) is 0 Å². The molecular formula is C13H16O4S. The summed E-state index contributed by atoms with van der Waals surface area (Å²) in [5.74, 6) is 0.602. The number of para-hydroxylation sites is 1. The van der Waals surface area contributed by atoms with Crippen molar-refractivity contribution >= 4 is 20.8 Å². The summed E-state index contributed by atoms with van der Waals surface area (Å²) in [7, 11) is -3.07. The van der Waals surface area contributed by atoms with Crippen LogP contribution in [0.25, 0.3) is 11.0 Å². The van der Waals surface area contributed by atoms with Crippen LogP contribution in [0.1, 0.15) is 23.8 Å². The molecule has 98 valence electrons. The van der Waals surface area contributed by atoms with Gasteiger partial charge in [0, 0.05) is 17.2 Å². The quantitative estimate of drug-likeness (QED) is 0.923. The number of furan rings is 1. The van der Waals surface area contributed by atoms with E-state index in [9.17, 15) is 13.5 Å². The maximum atomic E-state index is 11.1. The first kappa shape index (κ1) is 13.1. The van der Waals surface area contributed by atoms with E-state index in [2.05, 4.69) is 0 Å². The van der Waals surface area contributed by atoms with E-state index in [0.29, 0.717) is 16.9 Å². The number of rotatable bonds is 4. The molecular weight excluding hydrogens is 252 g/mol. The molecule has 0 aliphatic carbocycles. The summed E-state index contributed by atoms with van der Waals surface area (Å²) >= 11 is 0. The van der Waals surface area contributed by atoms with Gasteiger partial charge in [-0.2, -0.15) is 0 Å². The van der Waals surface area contributed by atoms with Gasteiger partial charge in [0.15, 0.2) is 0 Å². The zero-order valence-electron chi connectivity index (χ0n) is 10.4. The second-order valence-electron chi connectivity index (χ2n) is 4.50. The van der Waals surface area contributed by atoms with Gasteiger partial charge < -0.3 is 9.52 Å². The molecule has 1 aromatic carbocycles. The Morgan fingerprint density at radius 1 is 1.33 bits per heavy atom. The maximum Gasteiger partial charge on any atom is 0.147 e. The van der Waals surface area contributed by atoms with Gasteiger partial charge in [-0.3, -0.25) is 0 Å². The van der Waals surface area contributed by atoms with Crippen LogP contribution in [0.15, 0.2) is 28.7 Å². The fraction of sp³-hybridized carbons (Fsp3) is 0.385. The Balaban J connectivity index is 2.32. The largest absolute Gasteiger partial charge is 0.461 e. The van der Waals surface area contributed by atoms with Crippen LogP contribution in [0, 0.1) is 6.92 Å². The van der Waals surface area contributed by atoms with E-state index >= 15 is 0 Å². The summed E-state index contributed by atoms with van der Waals surface area (Å²) in [5.41, 5.74) is 1.40. The summed E-state index contributed by atoms with van der Waals surface area (Å²) in [6, 6.07) is 7.42. The molecule has 1 aromatic heterocycles. The summed E-state index contributed by atoms with van der Waals surface area (Å²) in [6.45, 7) is 1.78. The van der Waals surface area contributed by atoms with Crippen LogP contribution in [0.2, 0.25) is 0 Å².